The van der Waals surface area contributed by atoms with E-state index in [0.717, 1.165) is 31.2 Å². The summed E-state index contributed by atoms with van der Waals surface area (Å²) in [6.45, 7) is 26.8. The Morgan fingerprint density at radius 3 is 2.45 bits per heavy atom. The molecule has 0 N–H and O–H groups in total. The fraction of sp³-hybridized carbons (Fsp3) is 0.622. The molecule has 0 radical (unpaired) electrons. The molecule has 2 aromatic rings. The van der Waals surface area contributed by atoms with Gasteiger partial charge < -0.3 is 9.80 Å². The molecule has 49 heavy (non-hydrogen) atoms. The first kappa shape index (κ1) is 34.6. The number of benzene rings is 1. The van der Waals surface area contributed by atoms with E-state index >= 15 is 0 Å². The Hall–Kier alpha value is -2.85. The van der Waals surface area contributed by atoms with Crippen LogP contribution in [0.15, 0.2) is 72.2 Å². The van der Waals surface area contributed by atoms with E-state index in [-0.39, 0.29) is 0 Å². The monoisotopic (exact) mass is 661 g/mol. The summed E-state index contributed by atoms with van der Waals surface area (Å²) >= 11 is 0. The minimum absolute atomic E-state index is 0.362. The highest BCUT2D eigenvalue weighted by Gasteiger charge is 2.46. The lowest BCUT2D eigenvalue weighted by atomic mass is 9.54. The highest BCUT2D eigenvalue weighted by molar-refractivity contribution is 5.53. The summed E-state index contributed by atoms with van der Waals surface area (Å²) < 4.78 is 0. The minimum Gasteiger partial charge on any atom is -0.374 e. The fourth-order valence-corrected chi connectivity index (χ4v) is 10.2. The van der Waals surface area contributed by atoms with Crippen LogP contribution >= 0.6 is 0 Å². The summed E-state index contributed by atoms with van der Waals surface area (Å²) in [5.74, 6) is 3.52. The molecular weight excluding hydrogens is 597 g/mol. The number of rotatable bonds is 12. The maximum absolute atomic E-state index is 5.10. The Bertz CT molecular complexity index is 1550. The molecule has 2 aliphatic heterocycles. The zero-order valence-corrected chi connectivity index (χ0v) is 31.6. The van der Waals surface area contributed by atoms with Crippen LogP contribution in [0.4, 0.5) is 5.82 Å². The zero-order chi connectivity index (χ0) is 34.3. The molecule has 2 saturated carbocycles. The van der Waals surface area contributed by atoms with Crippen molar-refractivity contribution in [3.05, 3.63) is 94.5 Å². The molecule has 3 unspecified atom stereocenters. The minimum atomic E-state index is 0.362. The van der Waals surface area contributed by atoms with E-state index in [2.05, 4.69) is 92.4 Å². The molecule has 8 rings (SSSR count). The van der Waals surface area contributed by atoms with Crippen molar-refractivity contribution in [2.45, 2.75) is 129 Å². The molecule has 4 aliphatic carbocycles. The van der Waals surface area contributed by atoms with Crippen molar-refractivity contribution < 1.29 is 0 Å². The van der Waals surface area contributed by atoms with Crippen LogP contribution in [0, 0.1) is 24.7 Å². The van der Waals surface area contributed by atoms with Crippen molar-refractivity contribution in [3.63, 3.8) is 0 Å². The highest BCUT2D eigenvalue weighted by Crippen LogP contribution is 2.57. The summed E-state index contributed by atoms with van der Waals surface area (Å²) in [7, 11) is 0. The molecule has 3 atom stereocenters. The van der Waals surface area contributed by atoms with Crippen LogP contribution in [0.2, 0.25) is 0 Å². The molecule has 4 fully saturated rings. The predicted molar refractivity (Wildman–Crippen MR) is 207 cm³/mol. The van der Waals surface area contributed by atoms with Gasteiger partial charge in [-0.1, -0.05) is 82.5 Å². The first-order valence-electron chi connectivity index (χ1n) is 20.1. The quantitative estimate of drug-likeness (QED) is 0.211. The number of fused-ring (bicyclic) bond motifs is 2. The van der Waals surface area contributed by atoms with Crippen LogP contribution in [0.25, 0.3) is 0 Å². The van der Waals surface area contributed by atoms with Crippen LogP contribution in [0.5, 0.6) is 0 Å². The molecule has 1 aromatic carbocycles. The van der Waals surface area contributed by atoms with Gasteiger partial charge in [-0.3, -0.25) is 4.90 Å². The summed E-state index contributed by atoms with van der Waals surface area (Å²) in [6, 6.07) is 12.6. The zero-order valence-electron chi connectivity index (χ0n) is 31.6. The van der Waals surface area contributed by atoms with E-state index in [1.165, 1.54) is 118 Å². The molecule has 1 aromatic heterocycles. The van der Waals surface area contributed by atoms with Gasteiger partial charge in [0.25, 0.3) is 0 Å². The van der Waals surface area contributed by atoms with Gasteiger partial charge in [-0.25, -0.2) is 4.98 Å². The smallest absolute Gasteiger partial charge is 0.133 e. The van der Waals surface area contributed by atoms with Gasteiger partial charge in [0, 0.05) is 61.1 Å². The summed E-state index contributed by atoms with van der Waals surface area (Å²) in [5.41, 5.74) is 12.4. The van der Waals surface area contributed by atoms with Crippen molar-refractivity contribution in [2.75, 3.05) is 37.6 Å². The van der Waals surface area contributed by atoms with Gasteiger partial charge >= 0.3 is 0 Å². The summed E-state index contributed by atoms with van der Waals surface area (Å²) in [4.78, 5) is 12.9. The third-order valence-corrected chi connectivity index (χ3v) is 13.9. The Morgan fingerprint density at radius 1 is 1.00 bits per heavy atom. The first-order valence-corrected chi connectivity index (χ1v) is 20.1. The molecule has 3 heterocycles. The normalized spacial score (nSPS) is 24.2. The molecule has 0 spiro atoms. The molecule has 6 aliphatic rings. The van der Waals surface area contributed by atoms with Crippen molar-refractivity contribution >= 4 is 5.82 Å². The molecule has 0 amide bonds. The molecular formula is C45H64N4. The maximum atomic E-state index is 5.10. The number of allylic oxidation sites excluding steroid dienone is 2. The second kappa shape index (κ2) is 14.4. The van der Waals surface area contributed by atoms with Gasteiger partial charge in [0.15, 0.2) is 0 Å². The van der Waals surface area contributed by atoms with Gasteiger partial charge in [-0.2, -0.15) is 0 Å². The van der Waals surface area contributed by atoms with Gasteiger partial charge in [0.2, 0.25) is 0 Å². The number of aromatic nitrogens is 1. The van der Waals surface area contributed by atoms with E-state index in [4.69, 9.17) is 11.6 Å². The Kier molecular flexibility index (Phi) is 10.2. The van der Waals surface area contributed by atoms with Crippen LogP contribution in [0.1, 0.15) is 126 Å². The van der Waals surface area contributed by atoms with Gasteiger partial charge in [0.1, 0.15) is 5.82 Å². The third-order valence-electron chi connectivity index (χ3n) is 13.9. The van der Waals surface area contributed by atoms with E-state index < -0.39 is 0 Å². The lowest BCUT2D eigenvalue weighted by Gasteiger charge is -2.51. The summed E-state index contributed by atoms with van der Waals surface area (Å²) in [5, 5.41) is 0. The van der Waals surface area contributed by atoms with Gasteiger partial charge in [-0.05, 0) is 130 Å². The lowest BCUT2D eigenvalue weighted by Crippen LogP contribution is -2.49. The molecule has 4 heteroatoms. The van der Waals surface area contributed by atoms with E-state index in [9.17, 15) is 0 Å². The number of anilines is 1. The predicted octanol–water partition coefficient (Wildman–Crippen LogP) is 10.3. The Labute approximate surface area is 298 Å². The Balaban J connectivity index is 1.08. The number of hydrogen-bond donors (Lipinski definition) is 0. The molecule has 2 saturated heterocycles. The molecule has 264 valence electrons. The van der Waals surface area contributed by atoms with Crippen LogP contribution < -0.4 is 4.90 Å². The average molecular weight is 661 g/mol. The lowest BCUT2D eigenvalue weighted by molar-refractivity contribution is 0.0939. The SMILES string of the molecule is C=C(C(C)C(C)N1CCCC(c2ccnc(N(CC3=C4CC(c5ccc(CC)c(C)c5)(CC3)C4)C(=C)C3CCCCC3)c2)C1)N1CC(C)C1. The number of likely N-dealkylation sites (tertiary alicyclic amines) is 2. The van der Waals surface area contributed by atoms with Crippen LogP contribution in [-0.4, -0.2) is 53.5 Å². The summed E-state index contributed by atoms with van der Waals surface area (Å²) in [6.07, 6.45) is 17.2. The van der Waals surface area contributed by atoms with Crippen LogP contribution in [0.3, 0.4) is 0 Å². The van der Waals surface area contributed by atoms with E-state index in [1.54, 1.807) is 16.7 Å². The average Bonchev–Trinajstić information content (AvgIpc) is 3.11. The van der Waals surface area contributed by atoms with Gasteiger partial charge in [-0.15, -0.1) is 0 Å². The number of piperidine rings is 1. The highest BCUT2D eigenvalue weighted by atomic mass is 15.2. The topological polar surface area (TPSA) is 22.6 Å². The largest absolute Gasteiger partial charge is 0.374 e. The van der Waals surface area contributed by atoms with Crippen molar-refractivity contribution in [1.82, 2.24) is 14.8 Å². The second-order valence-corrected chi connectivity index (χ2v) is 17.1. The fourth-order valence-electron chi connectivity index (χ4n) is 10.2. The van der Waals surface area contributed by atoms with Gasteiger partial charge in [0.05, 0.1) is 0 Å². The molecule has 4 nitrogen and oxygen atoms in total. The van der Waals surface area contributed by atoms with Crippen LogP contribution in [-0.2, 0) is 11.8 Å². The number of nitrogens with zero attached hydrogens (tertiary/aromatic N) is 4. The maximum Gasteiger partial charge on any atom is 0.133 e. The van der Waals surface area contributed by atoms with E-state index in [0.29, 0.717) is 29.2 Å². The van der Waals surface area contributed by atoms with Crippen molar-refractivity contribution in [3.8, 4) is 0 Å². The van der Waals surface area contributed by atoms with Crippen molar-refractivity contribution in [1.29, 1.82) is 0 Å². The second-order valence-electron chi connectivity index (χ2n) is 17.1. The number of pyridine rings is 1. The molecule has 2 bridgehead atoms. The standard InChI is InChI=1S/C45H64N4/c1-8-37-16-17-43(23-32(37)3)45-20-18-41(42(25-45)26-45)30-49(36(7)38-13-10-9-11-14-38)44-24-39(19-21-46-44)40-15-12-22-47(29-40)34(5)33(4)35(6)48-27-31(2)28-48/h16-17,19,21,23-24,31,33-34,38,40H,6-15,18,20,22,25-30H2,1-5H3. The van der Waals surface area contributed by atoms with E-state index in [1.807, 2.05) is 0 Å². The van der Waals surface area contributed by atoms with Crippen molar-refractivity contribution in [2.24, 2.45) is 17.8 Å². The first-order chi connectivity index (χ1) is 23.7. The number of aryl methyl sites for hydroxylation is 2. The Morgan fingerprint density at radius 2 is 1.78 bits per heavy atom. The number of hydrogen-bond acceptors (Lipinski definition) is 4. The third kappa shape index (κ3) is 6.93.